The van der Waals surface area contributed by atoms with Crippen LogP contribution in [0.2, 0.25) is 0 Å². The third-order valence-electron chi connectivity index (χ3n) is 6.41. The van der Waals surface area contributed by atoms with E-state index in [4.69, 9.17) is 4.74 Å². The molecule has 2 atom stereocenters. The number of fused-ring (bicyclic) bond motifs is 2. The largest absolute Gasteiger partial charge is 0.534 e. The van der Waals surface area contributed by atoms with Gasteiger partial charge in [-0.05, 0) is 74.4 Å². The Balaban J connectivity index is 1.61. The maximum absolute atomic E-state index is 13.5. The molecule has 0 fully saturated rings. The molecule has 8 nitrogen and oxygen atoms in total. The molecule has 38 heavy (non-hydrogen) atoms. The number of carbonyl (C=O) groups is 2. The van der Waals surface area contributed by atoms with Crippen LogP contribution in [0.15, 0.2) is 42.5 Å². The van der Waals surface area contributed by atoms with Gasteiger partial charge in [-0.25, -0.2) is 4.79 Å². The summed E-state index contributed by atoms with van der Waals surface area (Å²) in [5.41, 5.74) is -3.36. The van der Waals surface area contributed by atoms with E-state index < -0.39 is 39.1 Å². The summed E-state index contributed by atoms with van der Waals surface area (Å²) < 4.78 is 71.0. The SMILES string of the molecule is CC(C)(C)OC(=O)N1Cc2cc(OS(=O)(=O)C(F)(F)F)ccc2CC1C(=O)NC1CCCc2ccccc21. The second-order valence-electron chi connectivity index (χ2n) is 10.4. The molecule has 2 aliphatic rings. The van der Waals surface area contributed by atoms with E-state index in [-0.39, 0.29) is 24.9 Å². The van der Waals surface area contributed by atoms with Crippen LogP contribution in [0.1, 0.15) is 61.9 Å². The summed E-state index contributed by atoms with van der Waals surface area (Å²) in [6, 6.07) is 10.3. The maximum Gasteiger partial charge on any atom is 0.534 e. The molecule has 0 saturated carbocycles. The minimum atomic E-state index is -5.87. The Hall–Kier alpha value is -3.28. The molecule has 1 aliphatic carbocycles. The van der Waals surface area contributed by atoms with Crippen molar-refractivity contribution in [1.82, 2.24) is 10.2 Å². The highest BCUT2D eigenvalue weighted by molar-refractivity contribution is 7.88. The van der Waals surface area contributed by atoms with Crippen LogP contribution in [0.4, 0.5) is 18.0 Å². The lowest BCUT2D eigenvalue weighted by atomic mass is 9.87. The zero-order chi connectivity index (χ0) is 27.9. The Morgan fingerprint density at radius 3 is 2.42 bits per heavy atom. The van der Waals surface area contributed by atoms with Gasteiger partial charge in [0.05, 0.1) is 12.6 Å². The van der Waals surface area contributed by atoms with Crippen molar-refractivity contribution in [1.29, 1.82) is 0 Å². The first-order chi connectivity index (χ1) is 17.6. The fraction of sp³-hybridized carbons (Fsp3) is 0.462. The molecule has 0 aromatic heterocycles. The molecular formula is C26H29F3N2O6S. The zero-order valence-corrected chi connectivity index (χ0v) is 22.0. The fourth-order valence-electron chi connectivity index (χ4n) is 4.70. The molecule has 2 amide bonds. The average molecular weight is 555 g/mol. The molecule has 2 aromatic carbocycles. The predicted octanol–water partition coefficient (Wildman–Crippen LogP) is 4.77. The number of halogens is 3. The number of amides is 2. The Labute approximate surface area is 219 Å². The Morgan fingerprint density at radius 1 is 1.03 bits per heavy atom. The highest BCUT2D eigenvalue weighted by Gasteiger charge is 2.48. The van der Waals surface area contributed by atoms with Crippen LogP contribution in [0, 0.1) is 0 Å². The summed E-state index contributed by atoms with van der Waals surface area (Å²) in [5.74, 6) is -0.935. The van der Waals surface area contributed by atoms with Crippen LogP contribution in [0.5, 0.6) is 5.75 Å². The highest BCUT2D eigenvalue weighted by atomic mass is 32.2. The third kappa shape index (κ3) is 6.06. The number of hydrogen-bond acceptors (Lipinski definition) is 6. The van der Waals surface area contributed by atoms with E-state index in [0.29, 0.717) is 11.1 Å². The van der Waals surface area contributed by atoms with Crippen LogP contribution >= 0.6 is 0 Å². The maximum atomic E-state index is 13.5. The average Bonchev–Trinajstić information content (AvgIpc) is 2.81. The van der Waals surface area contributed by atoms with Gasteiger partial charge in [0.2, 0.25) is 5.91 Å². The quantitative estimate of drug-likeness (QED) is 0.432. The van der Waals surface area contributed by atoms with Gasteiger partial charge < -0.3 is 14.2 Å². The lowest BCUT2D eigenvalue weighted by Gasteiger charge is -2.38. The normalized spacial score (nSPS) is 19.7. The van der Waals surface area contributed by atoms with Crippen LogP contribution in [0.25, 0.3) is 0 Å². The molecule has 12 heteroatoms. The smallest absolute Gasteiger partial charge is 0.444 e. The number of aryl methyl sites for hydroxylation is 1. The van der Waals surface area contributed by atoms with E-state index in [0.717, 1.165) is 42.5 Å². The minimum absolute atomic E-state index is 0.0566. The molecule has 1 heterocycles. The van der Waals surface area contributed by atoms with Crippen molar-refractivity contribution in [3.05, 3.63) is 64.7 Å². The highest BCUT2D eigenvalue weighted by Crippen LogP contribution is 2.33. The molecule has 206 valence electrons. The van der Waals surface area contributed by atoms with Crippen molar-refractivity contribution in [2.24, 2.45) is 0 Å². The van der Waals surface area contributed by atoms with E-state index in [1.807, 2.05) is 24.3 Å². The van der Waals surface area contributed by atoms with E-state index in [1.165, 1.54) is 11.0 Å². The first kappa shape index (κ1) is 27.7. The van der Waals surface area contributed by atoms with Gasteiger partial charge in [-0.3, -0.25) is 9.69 Å². The summed E-state index contributed by atoms with van der Waals surface area (Å²) >= 11 is 0. The van der Waals surface area contributed by atoms with Gasteiger partial charge >= 0.3 is 21.7 Å². The number of ether oxygens (including phenoxy) is 1. The Kier molecular flexibility index (Phi) is 7.39. The number of alkyl halides is 3. The number of rotatable bonds is 4. The molecule has 4 rings (SSSR count). The van der Waals surface area contributed by atoms with Crippen molar-refractivity contribution in [3.63, 3.8) is 0 Å². The van der Waals surface area contributed by atoms with Crippen LogP contribution in [0.3, 0.4) is 0 Å². The number of benzene rings is 2. The summed E-state index contributed by atoms with van der Waals surface area (Å²) in [7, 11) is -5.87. The van der Waals surface area contributed by atoms with Crippen molar-refractivity contribution in [3.8, 4) is 5.75 Å². The number of carbonyl (C=O) groups excluding carboxylic acids is 2. The molecule has 0 spiro atoms. The molecular weight excluding hydrogens is 525 g/mol. The molecule has 2 unspecified atom stereocenters. The van der Waals surface area contributed by atoms with Crippen LogP contribution in [-0.4, -0.2) is 42.5 Å². The lowest BCUT2D eigenvalue weighted by molar-refractivity contribution is -0.128. The molecule has 0 bridgehead atoms. The topological polar surface area (TPSA) is 102 Å². The Bertz CT molecular complexity index is 1340. The third-order valence-corrected chi connectivity index (χ3v) is 7.39. The van der Waals surface area contributed by atoms with E-state index in [1.54, 1.807) is 20.8 Å². The van der Waals surface area contributed by atoms with Gasteiger partial charge in [0.25, 0.3) is 0 Å². The number of hydrogen-bond donors (Lipinski definition) is 1. The second kappa shape index (κ2) is 10.1. The minimum Gasteiger partial charge on any atom is -0.444 e. The van der Waals surface area contributed by atoms with E-state index >= 15 is 0 Å². The van der Waals surface area contributed by atoms with Crippen molar-refractivity contribution in [2.75, 3.05) is 0 Å². The summed E-state index contributed by atoms with van der Waals surface area (Å²) in [6.07, 6.45) is 1.84. The molecule has 1 N–H and O–H groups in total. The summed E-state index contributed by atoms with van der Waals surface area (Å²) in [6.45, 7) is 4.83. The zero-order valence-electron chi connectivity index (χ0n) is 21.2. The number of nitrogens with one attached hydrogen (secondary N) is 1. The van der Waals surface area contributed by atoms with Gasteiger partial charge in [0.15, 0.2) is 0 Å². The molecule has 1 aliphatic heterocycles. The van der Waals surface area contributed by atoms with Gasteiger partial charge in [-0.15, -0.1) is 0 Å². The van der Waals surface area contributed by atoms with Gasteiger partial charge in [-0.2, -0.15) is 21.6 Å². The van der Waals surface area contributed by atoms with Gasteiger partial charge in [0, 0.05) is 6.42 Å². The first-order valence-electron chi connectivity index (χ1n) is 12.1. The monoisotopic (exact) mass is 554 g/mol. The van der Waals surface area contributed by atoms with Crippen molar-refractivity contribution >= 4 is 22.1 Å². The number of nitrogens with zero attached hydrogens (tertiary/aromatic N) is 1. The van der Waals surface area contributed by atoms with Gasteiger partial charge in [-0.1, -0.05) is 30.3 Å². The standard InChI is InChI=1S/C26H29F3N2O6S/c1-25(2,3)36-24(33)31-15-18-13-19(37-38(34,35)26(27,28)29)12-11-17(18)14-22(31)23(32)30-21-10-6-8-16-7-4-5-9-20(16)21/h4-5,7,9,11-13,21-22H,6,8,10,14-15H2,1-3H3,(H,30,32). The predicted molar refractivity (Wildman–Crippen MR) is 132 cm³/mol. The second-order valence-corrected chi connectivity index (χ2v) is 11.9. The van der Waals surface area contributed by atoms with Gasteiger partial charge in [0.1, 0.15) is 17.4 Å². The van der Waals surface area contributed by atoms with Crippen LogP contribution < -0.4 is 9.50 Å². The van der Waals surface area contributed by atoms with Crippen molar-refractivity contribution in [2.45, 2.75) is 76.2 Å². The molecule has 2 aromatic rings. The lowest BCUT2D eigenvalue weighted by Crippen LogP contribution is -2.54. The van der Waals surface area contributed by atoms with Crippen molar-refractivity contribution < 1.29 is 40.1 Å². The summed E-state index contributed by atoms with van der Waals surface area (Å²) in [4.78, 5) is 27.9. The molecule has 0 radical (unpaired) electrons. The first-order valence-corrected chi connectivity index (χ1v) is 13.6. The van der Waals surface area contributed by atoms with E-state index in [9.17, 15) is 31.2 Å². The Morgan fingerprint density at radius 2 is 1.74 bits per heavy atom. The fourth-order valence-corrected chi connectivity index (χ4v) is 5.16. The molecule has 0 saturated heterocycles. The van der Waals surface area contributed by atoms with E-state index in [2.05, 4.69) is 9.50 Å². The summed E-state index contributed by atoms with van der Waals surface area (Å²) in [5, 5.41) is 3.06. The van der Waals surface area contributed by atoms with Crippen LogP contribution in [-0.2, 0) is 39.0 Å².